The van der Waals surface area contributed by atoms with Crippen molar-refractivity contribution in [1.82, 2.24) is 9.97 Å². The van der Waals surface area contributed by atoms with Crippen molar-refractivity contribution in [1.29, 1.82) is 0 Å². The highest BCUT2D eigenvalue weighted by Crippen LogP contribution is 2.39. The first-order chi connectivity index (χ1) is 10.5. The van der Waals surface area contributed by atoms with E-state index in [1.807, 2.05) is 6.07 Å². The Hall–Kier alpha value is -1.95. The van der Waals surface area contributed by atoms with Crippen molar-refractivity contribution < 1.29 is 14.3 Å². The predicted octanol–water partition coefficient (Wildman–Crippen LogP) is 3.79. The molecule has 1 aliphatic rings. The lowest BCUT2D eigenvalue weighted by Crippen LogP contribution is -2.09. The van der Waals surface area contributed by atoms with Gasteiger partial charge < -0.3 is 5.11 Å². The van der Waals surface area contributed by atoms with Crippen LogP contribution in [-0.2, 0) is 5.75 Å². The molecular formula is C16H15FN2O2S. The minimum Gasteiger partial charge on any atom is -0.478 e. The van der Waals surface area contributed by atoms with Crippen molar-refractivity contribution >= 4 is 17.7 Å². The Kier molecular flexibility index (Phi) is 4.11. The molecule has 1 fully saturated rings. The first kappa shape index (κ1) is 15.0. The number of nitrogens with zero attached hydrogens (tertiary/aromatic N) is 2. The van der Waals surface area contributed by atoms with E-state index in [2.05, 4.69) is 9.97 Å². The molecule has 1 heterocycles. The summed E-state index contributed by atoms with van der Waals surface area (Å²) in [5, 5.41) is 9.84. The summed E-state index contributed by atoms with van der Waals surface area (Å²) >= 11 is 1.31. The van der Waals surface area contributed by atoms with Crippen LogP contribution in [-0.4, -0.2) is 21.0 Å². The van der Waals surface area contributed by atoms with Gasteiger partial charge in [0.2, 0.25) is 0 Å². The standard InChI is InChI=1S/C16H15FN2O2S/c1-9-13(16(20)21)15(19-14(18-9)11-5-6-11)22-8-10-3-2-4-12(17)7-10/h2-4,7,11H,5-6,8H2,1H3,(H,20,21). The summed E-state index contributed by atoms with van der Waals surface area (Å²) < 4.78 is 13.2. The molecule has 0 unspecified atom stereocenters. The fourth-order valence-electron chi connectivity index (χ4n) is 2.22. The normalized spacial score (nSPS) is 14.1. The Balaban J connectivity index is 1.88. The van der Waals surface area contributed by atoms with Gasteiger partial charge in [-0.05, 0) is 37.5 Å². The Labute approximate surface area is 131 Å². The molecule has 0 atom stereocenters. The number of aromatic nitrogens is 2. The topological polar surface area (TPSA) is 63.1 Å². The highest BCUT2D eigenvalue weighted by atomic mass is 32.2. The van der Waals surface area contributed by atoms with Crippen LogP contribution >= 0.6 is 11.8 Å². The van der Waals surface area contributed by atoms with Gasteiger partial charge in [-0.2, -0.15) is 0 Å². The molecule has 0 amide bonds. The van der Waals surface area contributed by atoms with Gasteiger partial charge in [0.1, 0.15) is 22.2 Å². The molecule has 0 bridgehead atoms. The predicted molar refractivity (Wildman–Crippen MR) is 81.7 cm³/mol. The molecule has 0 radical (unpaired) electrons. The summed E-state index contributed by atoms with van der Waals surface area (Å²) in [4.78, 5) is 20.2. The van der Waals surface area contributed by atoms with Crippen molar-refractivity contribution in [2.24, 2.45) is 0 Å². The van der Waals surface area contributed by atoms with E-state index in [9.17, 15) is 14.3 Å². The van der Waals surface area contributed by atoms with E-state index < -0.39 is 5.97 Å². The summed E-state index contributed by atoms with van der Waals surface area (Å²) in [5.41, 5.74) is 1.43. The summed E-state index contributed by atoms with van der Waals surface area (Å²) in [6, 6.07) is 6.29. The van der Waals surface area contributed by atoms with Gasteiger partial charge in [0.25, 0.3) is 0 Å². The third-order valence-corrected chi connectivity index (χ3v) is 4.54. The third kappa shape index (κ3) is 3.27. The highest BCUT2D eigenvalue weighted by Gasteiger charge is 2.29. The zero-order valence-corrected chi connectivity index (χ0v) is 12.9. The molecule has 0 spiro atoms. The van der Waals surface area contributed by atoms with Crippen LogP contribution in [0.3, 0.4) is 0 Å². The van der Waals surface area contributed by atoms with Crippen molar-refractivity contribution in [3.63, 3.8) is 0 Å². The van der Waals surface area contributed by atoms with Crippen molar-refractivity contribution in [3.8, 4) is 0 Å². The summed E-state index contributed by atoms with van der Waals surface area (Å²) in [6.45, 7) is 1.70. The van der Waals surface area contributed by atoms with E-state index in [4.69, 9.17) is 0 Å². The Morgan fingerprint density at radius 2 is 2.18 bits per heavy atom. The van der Waals surface area contributed by atoms with Gasteiger partial charge in [-0.15, -0.1) is 11.8 Å². The van der Waals surface area contributed by atoms with Gasteiger partial charge in [-0.1, -0.05) is 12.1 Å². The second-order valence-corrected chi connectivity index (χ2v) is 6.31. The van der Waals surface area contributed by atoms with Crippen molar-refractivity contribution in [2.45, 2.75) is 36.5 Å². The monoisotopic (exact) mass is 318 g/mol. The molecule has 22 heavy (non-hydrogen) atoms. The lowest BCUT2D eigenvalue weighted by Gasteiger charge is -2.10. The maximum Gasteiger partial charge on any atom is 0.340 e. The van der Waals surface area contributed by atoms with E-state index >= 15 is 0 Å². The number of hydrogen-bond acceptors (Lipinski definition) is 4. The SMILES string of the molecule is Cc1nc(C2CC2)nc(SCc2cccc(F)c2)c1C(=O)O. The average molecular weight is 318 g/mol. The Morgan fingerprint density at radius 3 is 2.82 bits per heavy atom. The molecule has 1 N–H and O–H groups in total. The van der Waals surface area contributed by atoms with Gasteiger partial charge in [-0.25, -0.2) is 19.2 Å². The highest BCUT2D eigenvalue weighted by molar-refractivity contribution is 7.98. The molecule has 1 saturated carbocycles. The molecule has 1 aromatic heterocycles. The van der Waals surface area contributed by atoms with Crippen LogP contribution in [0.1, 0.15) is 46.2 Å². The zero-order valence-electron chi connectivity index (χ0n) is 12.0. The van der Waals surface area contributed by atoms with Crippen LogP contribution in [0.25, 0.3) is 0 Å². The number of aromatic carboxylic acids is 1. The molecule has 1 aliphatic carbocycles. The molecular weight excluding hydrogens is 303 g/mol. The number of hydrogen-bond donors (Lipinski definition) is 1. The van der Waals surface area contributed by atoms with E-state index in [1.165, 1.54) is 23.9 Å². The Bertz CT molecular complexity index is 732. The lowest BCUT2D eigenvalue weighted by molar-refractivity contribution is 0.0690. The quantitative estimate of drug-likeness (QED) is 0.671. The van der Waals surface area contributed by atoms with Gasteiger partial charge in [0.15, 0.2) is 0 Å². The number of carbonyl (C=O) groups is 1. The minimum atomic E-state index is -1.03. The molecule has 3 rings (SSSR count). The van der Waals surface area contributed by atoms with E-state index in [1.54, 1.807) is 13.0 Å². The van der Waals surface area contributed by atoms with Gasteiger partial charge in [-0.3, -0.25) is 0 Å². The number of thioether (sulfide) groups is 1. The molecule has 114 valence electrons. The number of benzene rings is 1. The van der Waals surface area contributed by atoms with Gasteiger partial charge in [0, 0.05) is 11.7 Å². The van der Waals surface area contributed by atoms with Crippen LogP contribution in [0.15, 0.2) is 29.3 Å². The van der Waals surface area contributed by atoms with Crippen LogP contribution in [0.5, 0.6) is 0 Å². The first-order valence-electron chi connectivity index (χ1n) is 7.03. The summed E-state index contributed by atoms with van der Waals surface area (Å²) in [5.74, 6) is 0.230. The Morgan fingerprint density at radius 1 is 1.41 bits per heavy atom. The smallest absolute Gasteiger partial charge is 0.340 e. The van der Waals surface area contributed by atoms with Gasteiger partial charge >= 0.3 is 5.97 Å². The maximum absolute atomic E-state index is 13.2. The average Bonchev–Trinajstić information content (AvgIpc) is 3.28. The second kappa shape index (κ2) is 6.04. The van der Waals surface area contributed by atoms with E-state index in [-0.39, 0.29) is 11.4 Å². The summed E-state index contributed by atoms with van der Waals surface area (Å²) in [7, 11) is 0. The minimum absolute atomic E-state index is 0.144. The number of carboxylic acids is 1. The largest absolute Gasteiger partial charge is 0.478 e. The summed E-state index contributed by atoms with van der Waals surface area (Å²) in [6.07, 6.45) is 2.11. The van der Waals surface area contributed by atoms with Crippen LogP contribution < -0.4 is 0 Å². The first-order valence-corrected chi connectivity index (χ1v) is 8.02. The number of rotatable bonds is 5. The zero-order chi connectivity index (χ0) is 15.7. The van der Waals surface area contributed by atoms with Gasteiger partial charge in [0.05, 0.1) is 5.69 Å². The van der Waals surface area contributed by atoms with Crippen LogP contribution in [0, 0.1) is 12.7 Å². The van der Waals surface area contributed by atoms with Crippen LogP contribution in [0.2, 0.25) is 0 Å². The van der Waals surface area contributed by atoms with Crippen LogP contribution in [0.4, 0.5) is 4.39 Å². The molecule has 1 aromatic carbocycles. The second-order valence-electron chi connectivity index (χ2n) is 5.35. The lowest BCUT2D eigenvalue weighted by atomic mass is 10.2. The number of aryl methyl sites for hydroxylation is 1. The maximum atomic E-state index is 13.2. The van der Waals surface area contributed by atoms with E-state index in [0.717, 1.165) is 24.2 Å². The third-order valence-electron chi connectivity index (χ3n) is 3.49. The molecule has 2 aromatic rings. The van der Waals surface area contributed by atoms with Crippen molar-refractivity contribution in [2.75, 3.05) is 0 Å². The molecule has 0 saturated heterocycles. The number of halogens is 1. The molecule has 6 heteroatoms. The van der Waals surface area contributed by atoms with E-state index in [0.29, 0.717) is 22.4 Å². The number of carboxylic acid groups (broad SMARTS) is 1. The fraction of sp³-hybridized carbons (Fsp3) is 0.312. The van der Waals surface area contributed by atoms with Crippen molar-refractivity contribution in [3.05, 3.63) is 52.7 Å². The fourth-order valence-corrected chi connectivity index (χ4v) is 3.24. The molecule has 4 nitrogen and oxygen atoms in total. The molecule has 0 aliphatic heterocycles.